The van der Waals surface area contributed by atoms with Crippen LogP contribution in [0.5, 0.6) is 23.0 Å². The van der Waals surface area contributed by atoms with Crippen LogP contribution < -0.4 is 30.3 Å². The minimum absolute atomic E-state index is 0.235. The first kappa shape index (κ1) is 50.5. The maximum Gasteiger partial charge on any atom is 0.131 e. The first-order chi connectivity index (χ1) is 37.6. The minimum Gasteiger partial charge on any atom is -0.507 e. The van der Waals surface area contributed by atoms with Gasteiger partial charge in [-0.25, -0.2) is 0 Å². The second kappa shape index (κ2) is 20.9. The Morgan fingerprint density at radius 1 is 0.377 bits per heavy atom. The van der Waals surface area contributed by atoms with Gasteiger partial charge in [0.2, 0.25) is 0 Å². The van der Waals surface area contributed by atoms with Crippen molar-refractivity contribution in [2.24, 2.45) is 0 Å². The molecule has 0 bridgehead atoms. The lowest BCUT2D eigenvalue weighted by Gasteiger charge is -2.33. The second-order valence-electron chi connectivity index (χ2n) is 19.9. The van der Waals surface area contributed by atoms with Crippen molar-refractivity contribution in [2.75, 3.05) is 0 Å². The van der Waals surface area contributed by atoms with E-state index in [1.807, 2.05) is 72.8 Å². The van der Waals surface area contributed by atoms with Gasteiger partial charge in [-0.15, -0.1) is 0 Å². The summed E-state index contributed by atoms with van der Waals surface area (Å²) in [6.45, 7) is 21.0. The van der Waals surface area contributed by atoms with Crippen LogP contribution in [-0.2, 0) is 39.1 Å². The van der Waals surface area contributed by atoms with E-state index in [1.165, 1.54) is 0 Å². The highest BCUT2D eigenvalue weighted by atomic mass is 31.1. The molecule has 0 aromatic heterocycles. The van der Waals surface area contributed by atoms with Crippen molar-refractivity contribution in [3.8, 4) is 45.3 Å². The fourth-order valence-electron chi connectivity index (χ4n) is 10.9. The van der Waals surface area contributed by atoms with Crippen LogP contribution >= 0.6 is 32.6 Å². The van der Waals surface area contributed by atoms with Crippen molar-refractivity contribution in [1.29, 1.82) is 0 Å². The Bertz CT molecular complexity index is 3550. The molecule has 0 spiro atoms. The smallest absolute Gasteiger partial charge is 0.131 e. The van der Waals surface area contributed by atoms with Gasteiger partial charge in [-0.1, -0.05) is 210 Å². The fourth-order valence-corrected chi connectivity index (χ4v) is 19.0. The van der Waals surface area contributed by atoms with Gasteiger partial charge in [-0.05, 0) is 57.7 Å². The minimum atomic E-state index is -1.31. The van der Waals surface area contributed by atoms with Crippen LogP contribution in [0.1, 0.15) is 58.4 Å². The standard InChI is InChI=1S/C67H56O6P4/c1-7-49-53-25-13-19-31-61(53)74(70-57(49)9-3)39-43-35-47(37-45(65(43)68)41-76-63-33-21-15-27-55(63)51-23-11-17-29-59(51)72-76)67(5,6)48-36-44(40-75-62-32-20-14-26-54(62)50(8-2)58(10-4)71-75)66(69)46(38-48)42-77-64-34-22-16-28-56(64)52-24-12-18-30-60(52)73-77/h7-38,68-69H,1-4,39-42H2,5-6H3. The molecule has 77 heavy (non-hydrogen) atoms. The Balaban J connectivity index is 1.00. The van der Waals surface area contributed by atoms with E-state index < -0.39 is 38.0 Å². The Morgan fingerprint density at radius 3 is 1.00 bits per heavy atom. The van der Waals surface area contributed by atoms with Crippen molar-refractivity contribution in [3.05, 3.63) is 277 Å². The summed E-state index contributed by atoms with van der Waals surface area (Å²) in [7, 11) is -5.14. The topological polar surface area (TPSA) is 77.4 Å². The lowest BCUT2D eigenvalue weighted by atomic mass is 9.76. The largest absolute Gasteiger partial charge is 0.507 e. The average molecular weight is 1080 g/mol. The Morgan fingerprint density at radius 2 is 0.662 bits per heavy atom. The van der Waals surface area contributed by atoms with Crippen molar-refractivity contribution >= 4 is 65.0 Å². The molecule has 0 amide bonds. The van der Waals surface area contributed by atoms with E-state index in [0.29, 0.717) is 36.2 Å². The predicted molar refractivity (Wildman–Crippen MR) is 324 cm³/mol. The van der Waals surface area contributed by atoms with Gasteiger partial charge in [-0.2, -0.15) is 0 Å². The van der Waals surface area contributed by atoms with Crippen LogP contribution in [0, 0.1) is 0 Å². The molecule has 0 radical (unpaired) electrons. The zero-order chi connectivity index (χ0) is 53.0. The van der Waals surface area contributed by atoms with Crippen molar-refractivity contribution in [1.82, 2.24) is 0 Å². The van der Waals surface area contributed by atoms with Gasteiger partial charge in [0.25, 0.3) is 0 Å². The summed E-state index contributed by atoms with van der Waals surface area (Å²) in [6, 6.07) is 58.7. The van der Waals surface area contributed by atoms with Gasteiger partial charge in [0.05, 0.1) is 0 Å². The molecule has 4 aliphatic rings. The molecule has 0 saturated heterocycles. The van der Waals surface area contributed by atoms with E-state index in [-0.39, 0.29) is 11.5 Å². The molecule has 4 atom stereocenters. The molecule has 4 aliphatic heterocycles. The highest BCUT2D eigenvalue weighted by Crippen LogP contribution is 2.57. The number of hydrogen-bond acceptors (Lipinski definition) is 6. The molecule has 4 heterocycles. The zero-order valence-electron chi connectivity index (χ0n) is 42.9. The summed E-state index contributed by atoms with van der Waals surface area (Å²) in [5.74, 6) is 3.50. The number of fused-ring (bicyclic) bond motifs is 8. The summed E-state index contributed by atoms with van der Waals surface area (Å²) in [5.41, 5.74) is 12.8. The maximum absolute atomic E-state index is 12.8. The van der Waals surface area contributed by atoms with E-state index in [0.717, 1.165) is 111 Å². The van der Waals surface area contributed by atoms with E-state index in [4.69, 9.17) is 18.1 Å². The normalized spacial score (nSPS) is 17.8. The van der Waals surface area contributed by atoms with Crippen LogP contribution in [0.3, 0.4) is 0 Å². The maximum atomic E-state index is 12.8. The van der Waals surface area contributed by atoms with E-state index >= 15 is 0 Å². The quantitative estimate of drug-likeness (QED) is 0.106. The fraction of sp³-hybridized carbons (Fsp3) is 0.104. The van der Waals surface area contributed by atoms with Crippen molar-refractivity contribution in [3.63, 3.8) is 0 Å². The highest BCUT2D eigenvalue weighted by molar-refractivity contribution is 7.62. The Kier molecular flexibility index (Phi) is 13.7. The molecular weight excluding hydrogens is 1020 g/mol. The van der Waals surface area contributed by atoms with Gasteiger partial charge >= 0.3 is 0 Å². The molecule has 4 unspecified atom stereocenters. The summed E-state index contributed by atoms with van der Waals surface area (Å²) in [5, 5.41) is 30.0. The third-order valence-electron chi connectivity index (χ3n) is 15.0. The SMILES string of the molecule is C=CC1=C(C=C)c2ccccc2P(Cc2cc(C(C)(C)c3cc(CP4OC(C=C)=C(C=C)c5ccccc54)c(O)c(CP4Oc5ccccc5-c5ccccc54)c3)cc(CP3Oc4ccccc4-c4ccccc43)c2O)O1. The second-order valence-corrected chi connectivity index (χ2v) is 26.8. The van der Waals surface area contributed by atoms with Crippen LogP contribution in [-0.4, -0.2) is 10.2 Å². The van der Waals surface area contributed by atoms with E-state index in [9.17, 15) is 10.2 Å². The van der Waals surface area contributed by atoms with E-state index in [1.54, 1.807) is 12.2 Å². The summed E-state index contributed by atoms with van der Waals surface area (Å²) >= 11 is 0. The Labute approximate surface area is 456 Å². The molecule has 8 aromatic rings. The number of phenols is 2. The number of hydrogen-bond donors (Lipinski definition) is 2. The first-order valence-electron chi connectivity index (χ1n) is 25.6. The molecule has 6 nitrogen and oxygen atoms in total. The monoisotopic (exact) mass is 1080 g/mol. The molecule has 0 aliphatic carbocycles. The zero-order valence-corrected chi connectivity index (χ0v) is 46.5. The molecular formula is C67H56O6P4. The number of phenolic OH excluding ortho intramolecular Hbond substituents is 2. The average Bonchev–Trinajstić information content (AvgIpc) is 3.51. The molecule has 10 heteroatoms. The molecule has 0 fully saturated rings. The van der Waals surface area contributed by atoms with Crippen LogP contribution in [0.15, 0.2) is 232 Å². The number of benzene rings is 8. The third-order valence-corrected chi connectivity index (χ3v) is 22.9. The van der Waals surface area contributed by atoms with E-state index in [2.05, 4.69) is 149 Å². The highest BCUT2D eigenvalue weighted by Gasteiger charge is 2.36. The molecule has 8 aromatic carbocycles. The van der Waals surface area contributed by atoms with Crippen LogP contribution in [0.2, 0.25) is 0 Å². The first-order valence-corrected chi connectivity index (χ1v) is 31.4. The lowest BCUT2D eigenvalue weighted by Crippen LogP contribution is -2.22. The number of rotatable bonds is 14. The number of aromatic hydroxyl groups is 2. The molecule has 2 N–H and O–H groups in total. The number of para-hydroxylation sites is 2. The molecule has 0 saturated carbocycles. The van der Waals surface area contributed by atoms with Gasteiger partial charge < -0.3 is 28.3 Å². The van der Waals surface area contributed by atoms with Gasteiger partial charge in [-0.3, -0.25) is 0 Å². The third kappa shape index (κ3) is 9.16. The Hall–Kier alpha value is -7.28. The molecule has 12 rings (SSSR count). The lowest BCUT2D eigenvalue weighted by molar-refractivity contribution is 0.460. The van der Waals surface area contributed by atoms with Gasteiger partial charge in [0.1, 0.15) is 67.1 Å². The van der Waals surface area contributed by atoms with Gasteiger partial charge in [0, 0.05) is 95.8 Å². The van der Waals surface area contributed by atoms with Crippen LogP contribution in [0.4, 0.5) is 0 Å². The predicted octanol–water partition coefficient (Wildman–Crippen LogP) is 16.7. The summed E-state index contributed by atoms with van der Waals surface area (Å²) < 4.78 is 27.6. The summed E-state index contributed by atoms with van der Waals surface area (Å²) in [4.78, 5) is 0. The van der Waals surface area contributed by atoms with Crippen molar-refractivity contribution in [2.45, 2.75) is 43.9 Å². The molecule has 380 valence electrons. The van der Waals surface area contributed by atoms with Crippen LogP contribution in [0.25, 0.3) is 33.4 Å². The summed E-state index contributed by atoms with van der Waals surface area (Å²) in [6.07, 6.45) is 9.00. The number of allylic oxidation sites excluding steroid dienone is 6. The van der Waals surface area contributed by atoms with Crippen molar-refractivity contribution < 1.29 is 28.3 Å². The van der Waals surface area contributed by atoms with Gasteiger partial charge in [0.15, 0.2) is 0 Å².